The Balaban J connectivity index is 0.000000181. The van der Waals surface area contributed by atoms with Gasteiger partial charge in [0.25, 0.3) is 0 Å². The third-order valence-electron chi connectivity index (χ3n) is 22.6. The number of anilines is 2. The molecule has 20 aromatic rings. The van der Waals surface area contributed by atoms with Gasteiger partial charge in [0.05, 0.1) is 77.1 Å². The number of thiophene rings is 1. The van der Waals surface area contributed by atoms with Crippen LogP contribution in [0.15, 0.2) is 379 Å². The van der Waals surface area contributed by atoms with Crippen LogP contribution in [-0.4, -0.2) is 111 Å². The second-order valence-electron chi connectivity index (χ2n) is 33.7. The van der Waals surface area contributed by atoms with Gasteiger partial charge in [0.1, 0.15) is 11.2 Å². The van der Waals surface area contributed by atoms with Gasteiger partial charge >= 0.3 is 7.48 Å². The number of aromatic nitrogens is 3. The highest BCUT2D eigenvalue weighted by Crippen LogP contribution is 2.45. The van der Waals surface area contributed by atoms with Crippen LogP contribution in [0.1, 0.15) is 83.1 Å². The molecule has 0 fully saturated rings. The van der Waals surface area contributed by atoms with Crippen LogP contribution in [-0.2, 0) is 4.65 Å². The Morgan fingerprint density at radius 1 is 0.351 bits per heavy atom. The summed E-state index contributed by atoms with van der Waals surface area (Å²) in [7, 11) is 9.73. The molecule has 0 aliphatic heterocycles. The number of hydrogen-bond acceptors (Lipinski definition) is 9. The SMILES string of the molecule is Brc1cccc(-n2c3ccccc3c3ccccc32)c1.Brc1cccc(Br)c1.Brc1ccccc1Br.CC(C)(O)C(C)(C)O.CC(C)(O)C(C)(C)O.CC(C)(O)C(C)(C)O[B]c1cccc(-n2c3ccccc3c3ccccc32)c1.CI.CI.CI.[B][B].c1ccc(-c2ccc(Nc3cccc4c3sc3ccccc34)c3c2oc2ccccc23)cc1.c1ccc2c(c1)[nH]c1ccccc12. The third kappa shape index (κ3) is 28.4. The number of fused-ring (bicyclic) bond motifs is 15. The van der Waals surface area contributed by atoms with E-state index in [1.165, 1.54) is 91.3 Å². The number of aromatic amines is 1. The summed E-state index contributed by atoms with van der Waals surface area (Å²) in [6.07, 6.45) is 0. The Morgan fingerprint density at radius 3 is 1.15 bits per heavy atom. The summed E-state index contributed by atoms with van der Waals surface area (Å²) < 4.78 is 25.0. The topological polar surface area (TPSA) is 161 Å². The van der Waals surface area contributed by atoms with E-state index in [1.807, 2.05) is 119 Å². The molecule has 23 heteroatoms. The number of H-pyrrole nitrogens is 1. The van der Waals surface area contributed by atoms with Gasteiger partial charge in [0.2, 0.25) is 0 Å². The molecule has 11 nitrogen and oxygen atoms in total. The Hall–Kier alpha value is -7.94. The fourth-order valence-corrected chi connectivity index (χ4v) is 16.8. The maximum atomic E-state index is 10.3. The van der Waals surface area contributed by atoms with E-state index in [2.05, 4.69) is 455 Å². The van der Waals surface area contributed by atoms with Crippen molar-refractivity contribution in [3.63, 3.8) is 0 Å². The monoisotopic (exact) mass is 2450 g/mol. The molecule has 0 aliphatic carbocycles. The zero-order valence-electron chi connectivity index (χ0n) is 77.6. The lowest BCUT2D eigenvalue weighted by Gasteiger charge is -2.37. The lowest BCUT2D eigenvalue weighted by Crippen LogP contribution is -2.49. The number of para-hydroxylation sites is 7. The van der Waals surface area contributed by atoms with E-state index in [-0.39, 0.29) is 0 Å². The first-order valence-electron chi connectivity index (χ1n) is 42.9. The molecular weight excluding hydrogens is 2350 g/mol. The molecule has 15 aromatic carbocycles. The van der Waals surface area contributed by atoms with Gasteiger partial charge in [-0.25, -0.2) is 0 Å². The Morgan fingerprint density at radius 2 is 0.716 bits per heavy atom. The van der Waals surface area contributed by atoms with Gasteiger partial charge in [-0.2, -0.15) is 0 Å². The number of aliphatic hydroxyl groups is 5. The maximum Gasteiger partial charge on any atom is 0.330 e. The summed E-state index contributed by atoms with van der Waals surface area (Å²) in [5, 5.41) is 63.0. The van der Waals surface area contributed by atoms with E-state index in [0.29, 0.717) is 0 Å². The summed E-state index contributed by atoms with van der Waals surface area (Å²) in [6, 6.07) is 122. The number of nitrogens with zero attached hydrogens (tertiary/aromatic N) is 2. The van der Waals surface area contributed by atoms with Crippen LogP contribution in [0.3, 0.4) is 0 Å². The summed E-state index contributed by atoms with van der Waals surface area (Å²) in [5.41, 5.74) is 11.0. The van der Waals surface area contributed by atoms with E-state index in [4.69, 9.17) is 29.5 Å². The van der Waals surface area contributed by atoms with Crippen molar-refractivity contribution < 1.29 is 34.6 Å². The second kappa shape index (κ2) is 51.1. The standard InChI is InChI=1S/C30H19NOS.C24H25BNO2.C18H12BrN.C12H9N.2C6H4Br2.2C6H14O2.3CH3I.B2/c1-2-9-19(10-3-1)20-17-18-24(28-23-12-4-6-15-26(23)32-29(20)28)31-25-14-8-13-22-21-11-5-7-16-27(21)33-30(22)25;1-23(2,27)24(3,4)28-25-17-10-9-11-18(16-17)26-21-14-7-5-12-19(21)20-13-6-8-15-22(20)26;19-13-6-5-7-14(12-13)20-17-10-3-1-8-15(17)16-9-2-4-11-18(16)20;1-3-7-11-9(5-1)10-6-2-4-8-12(10)13-11;7-5-2-1-3-6(8)4-5;7-5-3-1-2-4-6(5)8;2*1-5(2,7)6(3,4)8;4*1-2/h1-18,31H;5-16,27H,1-4H3;1-12H;1-8,13H;2*1-4H;2*7-8H,1-4H3;3*1H3;. The van der Waals surface area contributed by atoms with Gasteiger partial charge in [-0.1, -0.05) is 345 Å². The maximum absolute atomic E-state index is 10.3. The van der Waals surface area contributed by atoms with Crippen molar-refractivity contribution in [1.82, 2.24) is 14.1 Å². The zero-order chi connectivity index (χ0) is 97.9. The van der Waals surface area contributed by atoms with Crippen LogP contribution in [0.5, 0.6) is 0 Å². The molecule has 7 N–H and O–H groups in total. The Bertz CT molecular complexity index is 6910. The normalized spacial score (nSPS) is 11.2. The van der Waals surface area contributed by atoms with E-state index in [0.717, 1.165) is 78.0 Å². The summed E-state index contributed by atoms with van der Waals surface area (Å²) in [6.45, 7) is 19.9. The van der Waals surface area contributed by atoms with Gasteiger partial charge in [0, 0.05) is 119 Å². The van der Waals surface area contributed by atoms with Gasteiger partial charge < -0.3 is 54.0 Å². The van der Waals surface area contributed by atoms with Crippen LogP contribution in [0.25, 0.3) is 130 Å². The third-order valence-corrected chi connectivity index (χ3v) is 27.2. The minimum absolute atomic E-state index is 0.699. The lowest BCUT2D eigenvalue weighted by atomic mass is 9.81. The van der Waals surface area contributed by atoms with Gasteiger partial charge in [-0.15, -0.1) is 11.3 Å². The predicted molar refractivity (Wildman–Crippen MR) is 624 cm³/mol. The van der Waals surface area contributed by atoms with Crippen molar-refractivity contribution in [2.75, 3.05) is 20.1 Å². The minimum Gasteiger partial charge on any atom is -0.455 e. The van der Waals surface area contributed by atoms with Crippen molar-refractivity contribution in [2.45, 2.75) is 117 Å². The molecule has 0 aliphatic rings. The number of nitrogens with one attached hydrogen (secondary N) is 2. The molecule has 687 valence electrons. The highest BCUT2D eigenvalue weighted by Gasteiger charge is 2.36. The number of furan rings is 1. The molecule has 5 aromatic heterocycles. The quantitative estimate of drug-likeness (QED) is 0.0383. The van der Waals surface area contributed by atoms with E-state index >= 15 is 0 Å². The van der Waals surface area contributed by atoms with E-state index in [1.54, 1.807) is 76.7 Å². The molecule has 134 heavy (non-hydrogen) atoms. The number of alkyl halides is 3. The smallest absolute Gasteiger partial charge is 0.330 e. The van der Waals surface area contributed by atoms with Crippen LogP contribution < -0.4 is 10.8 Å². The Kier molecular flexibility index (Phi) is 41.8. The first kappa shape index (κ1) is 110. The lowest BCUT2D eigenvalue weighted by molar-refractivity contribution is -0.107. The van der Waals surface area contributed by atoms with Crippen molar-refractivity contribution >= 4 is 306 Å². The molecule has 0 spiro atoms. The molecule has 0 bridgehead atoms. The zero-order valence-corrected chi connectivity index (χ0v) is 92.8. The number of halogens is 8. The summed E-state index contributed by atoms with van der Waals surface area (Å²) in [5.74, 6) is 0. The second-order valence-corrected chi connectivity index (χ2v) is 39.2. The highest BCUT2D eigenvalue weighted by molar-refractivity contribution is 14.1. The molecule has 20 rings (SSSR count). The first-order chi connectivity index (χ1) is 64.0. The molecule has 0 saturated heterocycles. The molecule has 0 atom stereocenters. The average Bonchev–Trinajstić information content (AvgIpc) is 1.60. The van der Waals surface area contributed by atoms with Crippen molar-refractivity contribution in [2.24, 2.45) is 0 Å². The van der Waals surface area contributed by atoms with Crippen molar-refractivity contribution in [3.8, 4) is 22.5 Å². The molecule has 0 unspecified atom stereocenters. The van der Waals surface area contributed by atoms with Crippen LogP contribution in [0, 0.1) is 0 Å². The van der Waals surface area contributed by atoms with Gasteiger partial charge in [-0.05, 0) is 263 Å². The molecule has 0 amide bonds. The molecule has 5 radical (unpaired) electrons. The summed E-state index contributed by atoms with van der Waals surface area (Å²) >= 11 is 25.2. The first-order valence-corrected chi connectivity index (χ1v) is 54.1. The highest BCUT2D eigenvalue weighted by atomic mass is 127. The van der Waals surface area contributed by atoms with E-state index in [9.17, 15) is 5.11 Å². The van der Waals surface area contributed by atoms with Crippen LogP contribution in [0.2, 0.25) is 0 Å². The van der Waals surface area contributed by atoms with Crippen LogP contribution >= 0.6 is 159 Å². The average molecular weight is 2460 g/mol. The van der Waals surface area contributed by atoms with Gasteiger partial charge in [-0.3, -0.25) is 0 Å². The van der Waals surface area contributed by atoms with Crippen molar-refractivity contribution in [3.05, 3.63) is 374 Å². The van der Waals surface area contributed by atoms with Crippen LogP contribution in [0.4, 0.5) is 11.4 Å². The fourth-order valence-electron chi connectivity index (χ4n) is 13.6. The number of benzene rings is 15. The van der Waals surface area contributed by atoms with Gasteiger partial charge in [0.15, 0.2) is 0 Å². The molecule has 5 heterocycles. The Labute approximate surface area is 878 Å². The fraction of sp³-hybridized carbons (Fsp3) is 0.189. The number of rotatable bonds is 11. The molecule has 0 saturated carbocycles. The minimum atomic E-state index is -1.01. The summed E-state index contributed by atoms with van der Waals surface area (Å²) in [4.78, 5) is 9.29. The number of hydrogen-bond donors (Lipinski definition) is 7. The van der Waals surface area contributed by atoms with E-state index < -0.39 is 33.6 Å². The van der Waals surface area contributed by atoms with Crippen molar-refractivity contribution in [1.29, 1.82) is 0 Å². The predicted octanol–water partition coefficient (Wildman–Crippen LogP) is 32.7. The largest absolute Gasteiger partial charge is 0.455 e. The molecular formula is C111H110B3Br5I3N4O7S.